The maximum absolute atomic E-state index is 13.1. The van der Waals surface area contributed by atoms with Gasteiger partial charge in [0.1, 0.15) is 0 Å². The van der Waals surface area contributed by atoms with E-state index in [2.05, 4.69) is 5.32 Å². The van der Waals surface area contributed by atoms with Crippen molar-refractivity contribution in [1.82, 2.24) is 10.2 Å². The van der Waals surface area contributed by atoms with E-state index in [4.69, 9.17) is 0 Å². The number of carbonyl (C=O) groups excluding carboxylic acids is 2. The lowest BCUT2D eigenvalue weighted by Gasteiger charge is -2.31. The van der Waals surface area contributed by atoms with Gasteiger partial charge in [0.25, 0.3) is 0 Å². The largest absolute Gasteiger partial charge is 0.416 e. The van der Waals surface area contributed by atoms with Gasteiger partial charge in [-0.05, 0) is 24.5 Å². The monoisotopic (exact) mass is 368 g/mol. The fourth-order valence-electron chi connectivity index (χ4n) is 4.08. The van der Waals surface area contributed by atoms with Crippen LogP contribution in [0.25, 0.3) is 0 Å². The molecular weight excluding hydrogens is 345 g/mol. The van der Waals surface area contributed by atoms with Crippen LogP contribution in [-0.4, -0.2) is 36.9 Å². The standard InChI is InChI=1S/C19H23F3N2O2/c1-24-11-13(9-16(24)25)17(26)23-12-18(7-2-3-8-18)14-5-4-6-15(10-14)19(20,21)22/h4-6,10,13H,2-3,7-9,11-12H2,1H3,(H,23,26)/t13-/m0/s1. The van der Waals surface area contributed by atoms with Crippen molar-refractivity contribution < 1.29 is 22.8 Å². The maximum atomic E-state index is 13.1. The summed E-state index contributed by atoms with van der Waals surface area (Å²) in [5.74, 6) is -0.632. The number of alkyl halides is 3. The van der Waals surface area contributed by atoms with E-state index in [0.717, 1.165) is 31.7 Å². The number of likely N-dealkylation sites (tertiary alicyclic amines) is 1. The Labute approximate surface area is 150 Å². The van der Waals surface area contributed by atoms with E-state index in [1.807, 2.05) is 0 Å². The van der Waals surface area contributed by atoms with Crippen LogP contribution in [0.4, 0.5) is 13.2 Å². The number of hydrogen-bond acceptors (Lipinski definition) is 2. The summed E-state index contributed by atoms with van der Waals surface area (Å²) in [6.45, 7) is 0.697. The van der Waals surface area contributed by atoms with Gasteiger partial charge in [-0.1, -0.05) is 31.0 Å². The van der Waals surface area contributed by atoms with Gasteiger partial charge >= 0.3 is 6.18 Å². The summed E-state index contributed by atoms with van der Waals surface area (Å²) in [7, 11) is 1.66. The van der Waals surface area contributed by atoms with Gasteiger partial charge < -0.3 is 10.2 Å². The summed E-state index contributed by atoms with van der Waals surface area (Å²) in [5, 5.41) is 2.91. The van der Waals surface area contributed by atoms with Crippen LogP contribution in [0.2, 0.25) is 0 Å². The molecule has 1 heterocycles. The quantitative estimate of drug-likeness (QED) is 0.888. The zero-order chi connectivity index (χ0) is 18.9. The second kappa shape index (κ2) is 6.93. The second-order valence-corrected chi connectivity index (χ2v) is 7.46. The van der Waals surface area contributed by atoms with Crippen LogP contribution in [-0.2, 0) is 21.2 Å². The molecule has 1 atom stereocenters. The molecule has 0 spiro atoms. The molecule has 1 saturated heterocycles. The predicted octanol–water partition coefficient (Wildman–Crippen LogP) is 3.11. The molecule has 1 saturated carbocycles. The van der Waals surface area contributed by atoms with Gasteiger partial charge in [-0.3, -0.25) is 9.59 Å². The van der Waals surface area contributed by atoms with E-state index in [1.165, 1.54) is 17.0 Å². The molecule has 1 aliphatic carbocycles. The van der Waals surface area contributed by atoms with Crippen LogP contribution < -0.4 is 5.32 Å². The molecule has 26 heavy (non-hydrogen) atoms. The molecule has 2 amide bonds. The smallest absolute Gasteiger partial charge is 0.355 e. The number of rotatable bonds is 4. The lowest BCUT2D eigenvalue weighted by atomic mass is 9.78. The highest BCUT2D eigenvalue weighted by atomic mass is 19.4. The third-order valence-corrected chi connectivity index (χ3v) is 5.68. The molecule has 1 aromatic carbocycles. The Morgan fingerprint density at radius 1 is 1.31 bits per heavy atom. The van der Waals surface area contributed by atoms with Gasteiger partial charge in [-0.25, -0.2) is 0 Å². The van der Waals surface area contributed by atoms with Crippen LogP contribution in [0.1, 0.15) is 43.2 Å². The third kappa shape index (κ3) is 3.71. The SMILES string of the molecule is CN1C[C@@H](C(=O)NCC2(c3cccc(C(F)(F)F)c3)CCCC2)CC1=O. The van der Waals surface area contributed by atoms with Gasteiger partial charge in [-0.2, -0.15) is 13.2 Å². The molecule has 1 N–H and O–H groups in total. The van der Waals surface area contributed by atoms with E-state index >= 15 is 0 Å². The molecule has 0 bridgehead atoms. The highest BCUT2D eigenvalue weighted by molar-refractivity contribution is 5.89. The molecule has 0 unspecified atom stereocenters. The predicted molar refractivity (Wildman–Crippen MR) is 90.3 cm³/mol. The van der Waals surface area contributed by atoms with Gasteiger partial charge in [0.05, 0.1) is 11.5 Å². The number of halogens is 3. The molecule has 4 nitrogen and oxygen atoms in total. The zero-order valence-corrected chi connectivity index (χ0v) is 14.7. The van der Waals surface area contributed by atoms with Crippen molar-refractivity contribution in [3.63, 3.8) is 0 Å². The first-order valence-corrected chi connectivity index (χ1v) is 8.91. The Bertz CT molecular complexity index is 696. The lowest BCUT2D eigenvalue weighted by Crippen LogP contribution is -2.42. The van der Waals surface area contributed by atoms with Crippen LogP contribution >= 0.6 is 0 Å². The van der Waals surface area contributed by atoms with Crippen molar-refractivity contribution >= 4 is 11.8 Å². The van der Waals surface area contributed by atoms with Crippen molar-refractivity contribution in [1.29, 1.82) is 0 Å². The summed E-state index contributed by atoms with van der Waals surface area (Å²) < 4.78 is 39.2. The minimum Gasteiger partial charge on any atom is -0.355 e. The summed E-state index contributed by atoms with van der Waals surface area (Å²) in [6, 6.07) is 5.44. The zero-order valence-electron chi connectivity index (χ0n) is 14.7. The molecule has 7 heteroatoms. The number of nitrogens with zero attached hydrogens (tertiary/aromatic N) is 1. The first-order chi connectivity index (χ1) is 12.2. The minimum absolute atomic E-state index is 0.0568. The average molecular weight is 368 g/mol. The molecule has 1 aliphatic heterocycles. The molecule has 0 aromatic heterocycles. The van der Waals surface area contributed by atoms with E-state index in [-0.39, 0.29) is 24.2 Å². The summed E-state index contributed by atoms with van der Waals surface area (Å²) in [5.41, 5.74) is -0.494. The van der Waals surface area contributed by atoms with E-state index in [1.54, 1.807) is 13.1 Å². The molecule has 1 aromatic rings. The van der Waals surface area contributed by atoms with Crippen LogP contribution in [0.5, 0.6) is 0 Å². The topological polar surface area (TPSA) is 49.4 Å². The second-order valence-electron chi connectivity index (χ2n) is 7.46. The normalized spacial score (nSPS) is 22.7. The highest BCUT2D eigenvalue weighted by Gasteiger charge is 2.39. The highest BCUT2D eigenvalue weighted by Crippen LogP contribution is 2.42. The molecule has 0 radical (unpaired) electrons. The Morgan fingerprint density at radius 3 is 2.58 bits per heavy atom. The first-order valence-electron chi connectivity index (χ1n) is 8.91. The van der Waals surface area contributed by atoms with Crippen molar-refractivity contribution in [2.45, 2.75) is 43.7 Å². The Morgan fingerprint density at radius 2 is 2.00 bits per heavy atom. The maximum Gasteiger partial charge on any atom is 0.416 e. The number of nitrogens with one attached hydrogen (secondary N) is 1. The van der Waals surface area contributed by atoms with Crippen molar-refractivity contribution in [3.05, 3.63) is 35.4 Å². The fourth-order valence-corrected chi connectivity index (χ4v) is 4.08. The first kappa shape index (κ1) is 18.7. The molecular formula is C19H23F3N2O2. The lowest BCUT2D eigenvalue weighted by molar-refractivity contribution is -0.137. The summed E-state index contributed by atoms with van der Waals surface area (Å²) in [6.07, 6.45) is -0.837. The fraction of sp³-hybridized carbons (Fsp3) is 0.579. The van der Waals surface area contributed by atoms with Gasteiger partial charge in [-0.15, -0.1) is 0 Å². The van der Waals surface area contributed by atoms with Crippen molar-refractivity contribution in [2.75, 3.05) is 20.1 Å². The summed E-state index contributed by atoms with van der Waals surface area (Å²) in [4.78, 5) is 25.6. The van der Waals surface area contributed by atoms with Crippen LogP contribution in [0, 0.1) is 5.92 Å². The number of carbonyl (C=O) groups is 2. The number of hydrogen-bond donors (Lipinski definition) is 1. The van der Waals surface area contributed by atoms with E-state index in [9.17, 15) is 22.8 Å². The summed E-state index contributed by atoms with van der Waals surface area (Å²) >= 11 is 0. The Hall–Kier alpha value is -2.05. The van der Waals surface area contributed by atoms with Crippen LogP contribution in [0.15, 0.2) is 24.3 Å². The molecule has 142 valence electrons. The Balaban J connectivity index is 1.75. The van der Waals surface area contributed by atoms with Crippen LogP contribution in [0.3, 0.4) is 0 Å². The molecule has 2 aliphatic rings. The van der Waals surface area contributed by atoms with Crippen molar-refractivity contribution in [3.8, 4) is 0 Å². The van der Waals surface area contributed by atoms with Crippen molar-refractivity contribution in [2.24, 2.45) is 5.92 Å². The third-order valence-electron chi connectivity index (χ3n) is 5.68. The Kier molecular flexibility index (Phi) is 4.99. The van der Waals surface area contributed by atoms with Gasteiger partial charge in [0, 0.05) is 32.0 Å². The molecule has 3 rings (SSSR count). The minimum atomic E-state index is -4.38. The van der Waals surface area contributed by atoms with Gasteiger partial charge in [0.15, 0.2) is 0 Å². The molecule has 2 fully saturated rings. The van der Waals surface area contributed by atoms with Gasteiger partial charge in [0.2, 0.25) is 11.8 Å². The number of benzene rings is 1. The average Bonchev–Trinajstić information content (AvgIpc) is 3.20. The van der Waals surface area contributed by atoms with E-state index in [0.29, 0.717) is 18.7 Å². The van der Waals surface area contributed by atoms with E-state index < -0.39 is 17.2 Å². The number of amides is 2.